The fourth-order valence-electron chi connectivity index (χ4n) is 2.46. The van der Waals surface area contributed by atoms with E-state index in [-0.39, 0.29) is 0 Å². The van der Waals surface area contributed by atoms with Gasteiger partial charge in [-0.15, -0.1) is 0 Å². The fourth-order valence-corrected chi connectivity index (χ4v) is 3.29. The highest BCUT2D eigenvalue weighted by molar-refractivity contribution is 7.11. The number of nitrogens with zero attached hydrogens (tertiary/aromatic N) is 2. The second-order valence-electron chi connectivity index (χ2n) is 5.14. The van der Waals surface area contributed by atoms with Gasteiger partial charge in [-0.2, -0.15) is 4.37 Å². The van der Waals surface area contributed by atoms with E-state index in [2.05, 4.69) is 21.6 Å². The molecule has 1 atom stereocenters. The zero-order valence-electron chi connectivity index (χ0n) is 11.0. The van der Waals surface area contributed by atoms with Gasteiger partial charge in [0.25, 0.3) is 0 Å². The van der Waals surface area contributed by atoms with Gasteiger partial charge in [-0.25, -0.2) is 0 Å². The number of nitrogens with one attached hydrogen (secondary N) is 1. The number of pyridine rings is 1. The van der Waals surface area contributed by atoms with E-state index in [1.807, 2.05) is 18.3 Å². The van der Waals surface area contributed by atoms with Crippen molar-refractivity contribution in [2.45, 2.75) is 32.2 Å². The molecular formula is C14H18N4S. The first-order valence-electron chi connectivity index (χ1n) is 6.68. The zero-order valence-corrected chi connectivity index (χ0v) is 11.8. The summed E-state index contributed by atoms with van der Waals surface area (Å²) in [5.74, 6) is 1.37. The molecule has 0 aliphatic heterocycles. The van der Waals surface area contributed by atoms with Crippen LogP contribution in [-0.2, 0) is 0 Å². The Labute approximate surface area is 117 Å². The number of nitrogen functional groups attached to an aromatic ring is 1. The number of nitrogens with two attached hydrogens (primary N) is 1. The van der Waals surface area contributed by atoms with Gasteiger partial charge < -0.3 is 11.1 Å². The fraction of sp³-hybridized carbons (Fsp3) is 0.429. The maximum atomic E-state index is 6.00. The molecule has 2 aromatic rings. The number of hydrogen-bond acceptors (Lipinski definition) is 5. The second-order valence-corrected chi connectivity index (χ2v) is 5.91. The van der Waals surface area contributed by atoms with E-state index < -0.39 is 0 Å². The van der Waals surface area contributed by atoms with Gasteiger partial charge >= 0.3 is 0 Å². The van der Waals surface area contributed by atoms with Crippen molar-refractivity contribution < 1.29 is 0 Å². The average molecular weight is 274 g/mol. The molecule has 2 aromatic heterocycles. The highest BCUT2D eigenvalue weighted by atomic mass is 32.1. The molecule has 0 radical (unpaired) electrons. The second kappa shape index (κ2) is 5.17. The molecule has 1 saturated carbocycles. The van der Waals surface area contributed by atoms with Crippen LogP contribution in [0.2, 0.25) is 0 Å². The van der Waals surface area contributed by atoms with Crippen LogP contribution in [0.3, 0.4) is 0 Å². The van der Waals surface area contributed by atoms with Crippen LogP contribution in [0.25, 0.3) is 11.1 Å². The van der Waals surface area contributed by atoms with Crippen molar-refractivity contribution in [2.75, 3.05) is 11.1 Å². The molecule has 1 aliphatic rings. The van der Waals surface area contributed by atoms with Gasteiger partial charge in [-0.1, -0.05) is 12.5 Å². The van der Waals surface area contributed by atoms with Gasteiger partial charge in [0.1, 0.15) is 10.8 Å². The lowest BCUT2D eigenvalue weighted by Gasteiger charge is -2.32. The maximum Gasteiger partial charge on any atom is 0.147 e. The van der Waals surface area contributed by atoms with Gasteiger partial charge in [-0.05, 0) is 43.3 Å². The minimum absolute atomic E-state index is 0.476. The van der Waals surface area contributed by atoms with Crippen LogP contribution in [0.15, 0.2) is 24.5 Å². The van der Waals surface area contributed by atoms with E-state index in [1.165, 1.54) is 30.8 Å². The molecule has 1 aliphatic carbocycles. The van der Waals surface area contributed by atoms with E-state index in [4.69, 9.17) is 5.73 Å². The molecule has 4 nitrogen and oxygen atoms in total. The SMILES string of the molecule is CC(Nc1snc(N)c1-c1cccnc1)C1CCC1. The Hall–Kier alpha value is -1.62. The number of anilines is 2. The Morgan fingerprint density at radius 2 is 2.32 bits per heavy atom. The molecule has 0 bridgehead atoms. The molecule has 0 spiro atoms. The Kier molecular flexibility index (Phi) is 3.38. The summed E-state index contributed by atoms with van der Waals surface area (Å²) in [5, 5.41) is 4.64. The molecule has 19 heavy (non-hydrogen) atoms. The lowest BCUT2D eigenvalue weighted by atomic mass is 9.80. The number of hydrogen-bond donors (Lipinski definition) is 2. The van der Waals surface area contributed by atoms with Crippen molar-refractivity contribution in [3.63, 3.8) is 0 Å². The summed E-state index contributed by atoms with van der Waals surface area (Å²) in [4.78, 5) is 4.16. The highest BCUT2D eigenvalue weighted by Crippen LogP contribution is 2.38. The average Bonchev–Trinajstić information content (AvgIpc) is 2.69. The first kappa shape index (κ1) is 12.4. The van der Waals surface area contributed by atoms with Crippen LogP contribution in [-0.4, -0.2) is 15.4 Å². The molecule has 0 saturated heterocycles. The molecule has 0 amide bonds. The van der Waals surface area contributed by atoms with E-state index in [0.717, 1.165) is 22.0 Å². The van der Waals surface area contributed by atoms with Crippen LogP contribution >= 0.6 is 11.5 Å². The van der Waals surface area contributed by atoms with Crippen molar-refractivity contribution >= 4 is 22.4 Å². The van der Waals surface area contributed by atoms with Crippen molar-refractivity contribution in [2.24, 2.45) is 5.92 Å². The predicted molar refractivity (Wildman–Crippen MR) is 80.2 cm³/mol. The van der Waals surface area contributed by atoms with Crippen molar-refractivity contribution in [3.05, 3.63) is 24.5 Å². The van der Waals surface area contributed by atoms with Gasteiger partial charge in [0.2, 0.25) is 0 Å². The van der Waals surface area contributed by atoms with Crippen LogP contribution in [0, 0.1) is 5.92 Å². The van der Waals surface area contributed by atoms with E-state index in [9.17, 15) is 0 Å². The number of aromatic nitrogens is 2. The molecular weight excluding hydrogens is 256 g/mol. The van der Waals surface area contributed by atoms with Crippen LogP contribution < -0.4 is 11.1 Å². The lowest BCUT2D eigenvalue weighted by molar-refractivity contribution is 0.285. The van der Waals surface area contributed by atoms with Crippen molar-refractivity contribution in [1.82, 2.24) is 9.36 Å². The van der Waals surface area contributed by atoms with Gasteiger partial charge in [0.15, 0.2) is 0 Å². The van der Waals surface area contributed by atoms with E-state index in [0.29, 0.717) is 11.9 Å². The third-order valence-corrected chi connectivity index (χ3v) is 4.68. The molecule has 5 heteroatoms. The summed E-state index contributed by atoms with van der Waals surface area (Å²) in [5.41, 5.74) is 8.02. The largest absolute Gasteiger partial charge is 0.382 e. The van der Waals surface area contributed by atoms with E-state index >= 15 is 0 Å². The Bertz CT molecular complexity index is 548. The zero-order chi connectivity index (χ0) is 13.2. The third kappa shape index (κ3) is 2.42. The predicted octanol–water partition coefficient (Wildman–Crippen LogP) is 3.39. The minimum atomic E-state index is 0.476. The summed E-state index contributed by atoms with van der Waals surface area (Å²) >= 11 is 1.44. The van der Waals surface area contributed by atoms with Crippen molar-refractivity contribution in [3.8, 4) is 11.1 Å². The molecule has 1 unspecified atom stereocenters. The molecule has 3 N–H and O–H groups in total. The molecule has 3 rings (SSSR count). The van der Waals surface area contributed by atoms with Gasteiger partial charge in [0, 0.05) is 24.0 Å². The van der Waals surface area contributed by atoms with E-state index in [1.54, 1.807) is 6.20 Å². The smallest absolute Gasteiger partial charge is 0.147 e. The minimum Gasteiger partial charge on any atom is -0.382 e. The summed E-state index contributed by atoms with van der Waals surface area (Å²) < 4.78 is 4.28. The van der Waals surface area contributed by atoms with Crippen LogP contribution in [0.5, 0.6) is 0 Å². The Balaban J connectivity index is 1.86. The van der Waals surface area contributed by atoms with Gasteiger partial charge in [0.05, 0.1) is 5.56 Å². The normalized spacial score (nSPS) is 16.9. The summed E-state index contributed by atoms with van der Waals surface area (Å²) in [6.45, 7) is 2.24. The first-order chi connectivity index (χ1) is 9.25. The highest BCUT2D eigenvalue weighted by Gasteiger charge is 2.25. The first-order valence-corrected chi connectivity index (χ1v) is 7.45. The van der Waals surface area contributed by atoms with Crippen LogP contribution in [0.1, 0.15) is 26.2 Å². The van der Waals surface area contributed by atoms with Crippen LogP contribution in [0.4, 0.5) is 10.8 Å². The topological polar surface area (TPSA) is 63.8 Å². The lowest BCUT2D eigenvalue weighted by Crippen LogP contribution is -2.30. The maximum absolute atomic E-state index is 6.00. The third-order valence-electron chi connectivity index (χ3n) is 3.88. The molecule has 0 aromatic carbocycles. The summed E-state index contributed by atoms with van der Waals surface area (Å²) in [7, 11) is 0. The standard InChI is InChI=1S/C14H18N4S/c1-9(10-4-2-5-10)17-14-12(13(15)18-19-14)11-6-3-7-16-8-11/h3,6-10,17H,2,4-5H2,1H3,(H2,15,18). The number of rotatable bonds is 4. The molecule has 2 heterocycles. The molecule has 1 fully saturated rings. The quantitative estimate of drug-likeness (QED) is 0.897. The Morgan fingerprint density at radius 1 is 1.47 bits per heavy atom. The van der Waals surface area contributed by atoms with Crippen molar-refractivity contribution in [1.29, 1.82) is 0 Å². The Morgan fingerprint density at radius 3 is 2.95 bits per heavy atom. The molecule has 100 valence electrons. The summed E-state index contributed by atoms with van der Waals surface area (Å²) in [6.07, 6.45) is 7.61. The monoisotopic (exact) mass is 274 g/mol. The summed E-state index contributed by atoms with van der Waals surface area (Å²) in [6, 6.07) is 4.42. The van der Waals surface area contributed by atoms with Gasteiger partial charge in [-0.3, -0.25) is 4.98 Å².